The standard InChI is InChI=1S/C11H22O/c1-9(2)11-7-5-3-4-6-10(11)8-12/h9-12H,3-8H2,1-2H3/t10-,11-/m0/s1. The van der Waals surface area contributed by atoms with Gasteiger partial charge in [0, 0.05) is 6.61 Å². The van der Waals surface area contributed by atoms with Crippen molar-refractivity contribution >= 4 is 0 Å². The molecule has 0 aromatic heterocycles. The Labute approximate surface area is 76.2 Å². The average molecular weight is 170 g/mol. The lowest BCUT2D eigenvalue weighted by Gasteiger charge is -2.26. The van der Waals surface area contributed by atoms with Crippen LogP contribution in [0.25, 0.3) is 0 Å². The van der Waals surface area contributed by atoms with Gasteiger partial charge in [0.05, 0.1) is 0 Å². The molecular formula is C11H22O. The lowest BCUT2D eigenvalue weighted by molar-refractivity contribution is 0.139. The lowest BCUT2D eigenvalue weighted by Crippen LogP contribution is -2.22. The van der Waals surface area contributed by atoms with E-state index in [1.165, 1.54) is 32.1 Å². The fraction of sp³-hybridized carbons (Fsp3) is 1.00. The van der Waals surface area contributed by atoms with Crippen LogP contribution >= 0.6 is 0 Å². The summed E-state index contributed by atoms with van der Waals surface area (Å²) in [6.45, 7) is 4.99. The maximum Gasteiger partial charge on any atom is 0.0462 e. The van der Waals surface area contributed by atoms with Gasteiger partial charge in [-0.3, -0.25) is 0 Å². The molecule has 1 aliphatic rings. The summed E-state index contributed by atoms with van der Waals surface area (Å²) in [6, 6.07) is 0. The van der Waals surface area contributed by atoms with Gasteiger partial charge in [0.25, 0.3) is 0 Å². The molecule has 1 heteroatoms. The van der Waals surface area contributed by atoms with E-state index in [2.05, 4.69) is 13.8 Å². The van der Waals surface area contributed by atoms with Crippen LogP contribution in [0, 0.1) is 17.8 Å². The highest BCUT2D eigenvalue weighted by molar-refractivity contribution is 4.75. The van der Waals surface area contributed by atoms with Crippen molar-refractivity contribution in [2.24, 2.45) is 17.8 Å². The number of aliphatic hydroxyl groups is 1. The largest absolute Gasteiger partial charge is 0.396 e. The van der Waals surface area contributed by atoms with Crippen molar-refractivity contribution in [3.8, 4) is 0 Å². The minimum absolute atomic E-state index is 0.406. The van der Waals surface area contributed by atoms with Gasteiger partial charge in [-0.15, -0.1) is 0 Å². The lowest BCUT2D eigenvalue weighted by atomic mass is 9.80. The molecule has 0 saturated heterocycles. The molecule has 0 aliphatic heterocycles. The summed E-state index contributed by atoms with van der Waals surface area (Å²) in [7, 11) is 0. The van der Waals surface area contributed by atoms with Gasteiger partial charge >= 0.3 is 0 Å². The van der Waals surface area contributed by atoms with Crippen molar-refractivity contribution in [2.45, 2.75) is 46.0 Å². The van der Waals surface area contributed by atoms with E-state index in [0.29, 0.717) is 12.5 Å². The molecule has 1 fully saturated rings. The van der Waals surface area contributed by atoms with Crippen LogP contribution in [0.1, 0.15) is 46.0 Å². The Hall–Kier alpha value is -0.0400. The summed E-state index contributed by atoms with van der Waals surface area (Å²) in [5.41, 5.74) is 0. The van der Waals surface area contributed by atoms with Crippen LogP contribution in [0.3, 0.4) is 0 Å². The minimum atomic E-state index is 0.406. The molecule has 0 bridgehead atoms. The van der Waals surface area contributed by atoms with Crippen molar-refractivity contribution in [3.05, 3.63) is 0 Å². The summed E-state index contributed by atoms with van der Waals surface area (Å²) < 4.78 is 0. The second kappa shape index (κ2) is 4.86. The van der Waals surface area contributed by atoms with Crippen LogP contribution in [-0.4, -0.2) is 11.7 Å². The molecule has 0 unspecified atom stereocenters. The molecule has 1 aliphatic carbocycles. The summed E-state index contributed by atoms with van der Waals surface area (Å²) in [5.74, 6) is 2.12. The molecule has 1 nitrogen and oxygen atoms in total. The predicted molar refractivity (Wildman–Crippen MR) is 52.0 cm³/mol. The third kappa shape index (κ3) is 2.48. The molecular weight excluding hydrogens is 148 g/mol. The SMILES string of the molecule is CC(C)[C@@H]1CCCCC[C@H]1CO. The minimum Gasteiger partial charge on any atom is -0.396 e. The van der Waals surface area contributed by atoms with Gasteiger partial charge in [-0.2, -0.15) is 0 Å². The predicted octanol–water partition coefficient (Wildman–Crippen LogP) is 2.83. The Kier molecular flexibility index (Phi) is 4.07. The highest BCUT2D eigenvalue weighted by atomic mass is 16.3. The number of aliphatic hydroxyl groups excluding tert-OH is 1. The van der Waals surface area contributed by atoms with E-state index >= 15 is 0 Å². The molecule has 0 aromatic carbocycles. The number of hydrogen-bond acceptors (Lipinski definition) is 1. The van der Waals surface area contributed by atoms with Crippen LogP contribution in [0.15, 0.2) is 0 Å². The van der Waals surface area contributed by atoms with E-state index < -0.39 is 0 Å². The molecule has 1 rings (SSSR count). The third-order valence-electron chi connectivity index (χ3n) is 3.31. The quantitative estimate of drug-likeness (QED) is 0.632. The third-order valence-corrected chi connectivity index (χ3v) is 3.31. The zero-order chi connectivity index (χ0) is 8.97. The van der Waals surface area contributed by atoms with Crippen molar-refractivity contribution in [1.82, 2.24) is 0 Å². The van der Waals surface area contributed by atoms with Crippen molar-refractivity contribution in [2.75, 3.05) is 6.61 Å². The molecule has 72 valence electrons. The highest BCUT2D eigenvalue weighted by Gasteiger charge is 2.25. The molecule has 1 N–H and O–H groups in total. The van der Waals surface area contributed by atoms with Gasteiger partial charge in [-0.1, -0.05) is 33.1 Å². The zero-order valence-electron chi connectivity index (χ0n) is 8.42. The normalized spacial score (nSPS) is 32.0. The van der Waals surface area contributed by atoms with E-state index in [4.69, 9.17) is 0 Å². The molecule has 0 amide bonds. The molecule has 0 radical (unpaired) electrons. The smallest absolute Gasteiger partial charge is 0.0462 e. The van der Waals surface area contributed by atoms with Gasteiger partial charge in [-0.25, -0.2) is 0 Å². The van der Waals surface area contributed by atoms with Crippen LogP contribution < -0.4 is 0 Å². The van der Waals surface area contributed by atoms with E-state index in [9.17, 15) is 5.11 Å². The van der Waals surface area contributed by atoms with Crippen molar-refractivity contribution in [1.29, 1.82) is 0 Å². The first-order valence-electron chi connectivity index (χ1n) is 5.36. The van der Waals surface area contributed by atoms with E-state index in [1.807, 2.05) is 0 Å². The van der Waals surface area contributed by atoms with Crippen LogP contribution in [0.2, 0.25) is 0 Å². The van der Waals surface area contributed by atoms with Gasteiger partial charge < -0.3 is 5.11 Å². The van der Waals surface area contributed by atoms with E-state index in [0.717, 1.165) is 11.8 Å². The Morgan fingerprint density at radius 2 is 1.83 bits per heavy atom. The number of hydrogen-bond donors (Lipinski definition) is 1. The summed E-state index contributed by atoms with van der Waals surface area (Å²) in [6.07, 6.45) is 6.66. The fourth-order valence-corrected chi connectivity index (χ4v) is 2.52. The maximum atomic E-state index is 9.24. The average Bonchev–Trinajstić information content (AvgIpc) is 2.27. The molecule has 0 heterocycles. The summed E-state index contributed by atoms with van der Waals surface area (Å²) in [4.78, 5) is 0. The van der Waals surface area contributed by atoms with Gasteiger partial charge in [0.2, 0.25) is 0 Å². The van der Waals surface area contributed by atoms with Gasteiger partial charge in [0.15, 0.2) is 0 Å². The number of rotatable bonds is 2. The van der Waals surface area contributed by atoms with E-state index in [-0.39, 0.29) is 0 Å². The first kappa shape index (κ1) is 10.0. The highest BCUT2D eigenvalue weighted by Crippen LogP contribution is 2.33. The Balaban J connectivity index is 2.51. The second-order valence-electron chi connectivity index (χ2n) is 4.49. The first-order chi connectivity index (χ1) is 5.75. The summed E-state index contributed by atoms with van der Waals surface area (Å²) >= 11 is 0. The molecule has 0 spiro atoms. The fourth-order valence-electron chi connectivity index (χ4n) is 2.52. The monoisotopic (exact) mass is 170 g/mol. The molecule has 0 aromatic rings. The van der Waals surface area contributed by atoms with Crippen molar-refractivity contribution < 1.29 is 5.11 Å². The second-order valence-corrected chi connectivity index (χ2v) is 4.49. The van der Waals surface area contributed by atoms with Crippen molar-refractivity contribution in [3.63, 3.8) is 0 Å². The van der Waals surface area contributed by atoms with E-state index in [1.54, 1.807) is 0 Å². The Morgan fingerprint density at radius 3 is 2.42 bits per heavy atom. The summed E-state index contributed by atoms with van der Waals surface area (Å²) in [5, 5.41) is 9.24. The molecule has 2 atom stereocenters. The Bertz CT molecular complexity index is 120. The van der Waals surface area contributed by atoms with Crippen LogP contribution in [-0.2, 0) is 0 Å². The maximum absolute atomic E-state index is 9.24. The zero-order valence-corrected chi connectivity index (χ0v) is 8.42. The van der Waals surface area contributed by atoms with Crippen LogP contribution in [0.5, 0.6) is 0 Å². The van der Waals surface area contributed by atoms with Crippen LogP contribution in [0.4, 0.5) is 0 Å². The van der Waals surface area contributed by atoms with Gasteiger partial charge in [-0.05, 0) is 30.6 Å². The van der Waals surface area contributed by atoms with Gasteiger partial charge in [0.1, 0.15) is 0 Å². The Morgan fingerprint density at radius 1 is 1.17 bits per heavy atom. The molecule has 1 saturated carbocycles. The topological polar surface area (TPSA) is 20.2 Å². The first-order valence-corrected chi connectivity index (χ1v) is 5.36. The molecule has 12 heavy (non-hydrogen) atoms.